The smallest absolute Gasteiger partial charge is 0.323 e. The molecule has 1 saturated carbocycles. The van der Waals surface area contributed by atoms with Gasteiger partial charge in [0.1, 0.15) is 0 Å². The first-order valence-corrected chi connectivity index (χ1v) is 6.39. The molecule has 1 aliphatic carbocycles. The van der Waals surface area contributed by atoms with E-state index in [9.17, 15) is 9.59 Å². The van der Waals surface area contributed by atoms with Gasteiger partial charge in [0, 0.05) is 18.2 Å². The standard InChI is InChI=1S/C13H16N4O2/c14-9(7-1-2-7)6-12(18)15-8-3-4-10-11(5-8)17-13(19)16-10/h3-5,7,9H,1-2,6,14H2,(H,15,18)(H2,16,17,19). The highest BCUT2D eigenvalue weighted by Gasteiger charge is 2.29. The Labute approximate surface area is 109 Å². The molecule has 5 N–H and O–H groups in total. The summed E-state index contributed by atoms with van der Waals surface area (Å²) in [4.78, 5) is 28.3. The molecule has 1 fully saturated rings. The van der Waals surface area contributed by atoms with Crippen LogP contribution in [-0.4, -0.2) is 21.9 Å². The number of imidazole rings is 1. The average Bonchev–Trinajstić information content (AvgIpc) is 3.11. The van der Waals surface area contributed by atoms with Crippen LogP contribution in [0, 0.1) is 5.92 Å². The minimum Gasteiger partial charge on any atom is -0.327 e. The number of hydrogen-bond acceptors (Lipinski definition) is 3. The monoisotopic (exact) mass is 260 g/mol. The Morgan fingerprint density at radius 2 is 2.11 bits per heavy atom. The van der Waals surface area contributed by atoms with Gasteiger partial charge in [-0.1, -0.05) is 0 Å². The fourth-order valence-electron chi connectivity index (χ4n) is 2.23. The normalized spacial score (nSPS) is 16.5. The highest BCUT2D eigenvalue weighted by molar-refractivity contribution is 5.93. The minimum absolute atomic E-state index is 0.0456. The lowest BCUT2D eigenvalue weighted by Crippen LogP contribution is -2.28. The van der Waals surface area contributed by atoms with Crippen LogP contribution in [0.15, 0.2) is 23.0 Å². The van der Waals surface area contributed by atoms with Crippen molar-refractivity contribution in [3.63, 3.8) is 0 Å². The summed E-state index contributed by atoms with van der Waals surface area (Å²) in [5.74, 6) is 0.422. The number of hydrogen-bond donors (Lipinski definition) is 4. The highest BCUT2D eigenvalue weighted by atomic mass is 16.1. The minimum atomic E-state index is -0.255. The number of carbonyl (C=O) groups is 1. The van der Waals surface area contributed by atoms with Crippen molar-refractivity contribution in [1.82, 2.24) is 9.97 Å². The van der Waals surface area contributed by atoms with E-state index in [1.165, 1.54) is 0 Å². The number of aromatic amines is 2. The number of H-pyrrole nitrogens is 2. The fourth-order valence-corrected chi connectivity index (χ4v) is 2.23. The third-order valence-electron chi connectivity index (χ3n) is 3.45. The van der Waals surface area contributed by atoms with E-state index >= 15 is 0 Å². The molecule has 100 valence electrons. The molecule has 1 unspecified atom stereocenters. The maximum absolute atomic E-state index is 11.8. The topological polar surface area (TPSA) is 104 Å². The number of nitrogens with two attached hydrogens (primary N) is 1. The average molecular weight is 260 g/mol. The molecule has 0 radical (unpaired) electrons. The zero-order valence-electron chi connectivity index (χ0n) is 10.4. The maximum Gasteiger partial charge on any atom is 0.323 e. The molecule has 0 bridgehead atoms. The molecular formula is C13H16N4O2. The molecule has 0 spiro atoms. The largest absolute Gasteiger partial charge is 0.327 e. The third-order valence-corrected chi connectivity index (χ3v) is 3.45. The van der Waals surface area contributed by atoms with E-state index in [2.05, 4.69) is 15.3 Å². The Hall–Kier alpha value is -2.08. The Kier molecular flexibility index (Phi) is 2.87. The summed E-state index contributed by atoms with van der Waals surface area (Å²) in [5.41, 5.74) is 7.72. The Bertz CT molecular complexity index is 669. The van der Waals surface area contributed by atoms with Crippen LogP contribution in [0.2, 0.25) is 0 Å². The molecule has 1 atom stereocenters. The van der Waals surface area contributed by atoms with Crippen LogP contribution in [0.4, 0.5) is 5.69 Å². The van der Waals surface area contributed by atoms with E-state index in [4.69, 9.17) is 5.73 Å². The van der Waals surface area contributed by atoms with Crippen molar-refractivity contribution in [3.05, 3.63) is 28.7 Å². The van der Waals surface area contributed by atoms with Gasteiger partial charge >= 0.3 is 5.69 Å². The van der Waals surface area contributed by atoms with Gasteiger partial charge in [-0.15, -0.1) is 0 Å². The second-order valence-corrected chi connectivity index (χ2v) is 5.09. The van der Waals surface area contributed by atoms with E-state index in [-0.39, 0.29) is 17.6 Å². The first-order valence-electron chi connectivity index (χ1n) is 6.39. The van der Waals surface area contributed by atoms with Gasteiger partial charge in [0.2, 0.25) is 5.91 Å². The van der Waals surface area contributed by atoms with Crippen molar-refractivity contribution in [3.8, 4) is 0 Å². The van der Waals surface area contributed by atoms with E-state index in [0.29, 0.717) is 23.5 Å². The molecule has 2 aromatic rings. The Balaban J connectivity index is 1.69. The van der Waals surface area contributed by atoms with Crippen LogP contribution in [0.5, 0.6) is 0 Å². The van der Waals surface area contributed by atoms with E-state index in [1.807, 2.05) is 0 Å². The summed E-state index contributed by atoms with van der Waals surface area (Å²) in [7, 11) is 0. The second kappa shape index (κ2) is 4.55. The quantitative estimate of drug-likeness (QED) is 0.657. The lowest BCUT2D eigenvalue weighted by atomic mass is 10.1. The predicted molar refractivity (Wildman–Crippen MR) is 72.9 cm³/mol. The molecule has 1 amide bonds. The van der Waals surface area contributed by atoms with Gasteiger partial charge in [-0.25, -0.2) is 4.79 Å². The Morgan fingerprint density at radius 1 is 1.37 bits per heavy atom. The van der Waals surface area contributed by atoms with Gasteiger partial charge in [0.05, 0.1) is 11.0 Å². The van der Waals surface area contributed by atoms with Gasteiger partial charge in [-0.05, 0) is 37.0 Å². The molecule has 1 aromatic heterocycles. The van der Waals surface area contributed by atoms with Gasteiger partial charge in [-0.3, -0.25) is 4.79 Å². The number of nitrogens with one attached hydrogen (secondary N) is 3. The lowest BCUT2D eigenvalue weighted by molar-refractivity contribution is -0.116. The molecule has 3 rings (SSSR count). The maximum atomic E-state index is 11.8. The molecule has 1 aliphatic rings. The van der Waals surface area contributed by atoms with Crippen molar-refractivity contribution < 1.29 is 4.79 Å². The zero-order chi connectivity index (χ0) is 13.4. The molecule has 0 aliphatic heterocycles. The van der Waals surface area contributed by atoms with Crippen molar-refractivity contribution in [2.75, 3.05) is 5.32 Å². The van der Waals surface area contributed by atoms with E-state index in [0.717, 1.165) is 18.4 Å². The zero-order valence-corrected chi connectivity index (χ0v) is 10.4. The van der Waals surface area contributed by atoms with E-state index in [1.54, 1.807) is 18.2 Å². The van der Waals surface area contributed by atoms with E-state index < -0.39 is 0 Å². The molecule has 6 heteroatoms. The van der Waals surface area contributed by atoms with Crippen molar-refractivity contribution in [2.24, 2.45) is 11.7 Å². The van der Waals surface area contributed by atoms with Crippen LogP contribution in [0.25, 0.3) is 11.0 Å². The third kappa shape index (κ3) is 2.68. The lowest BCUT2D eigenvalue weighted by Gasteiger charge is -2.10. The number of amides is 1. The second-order valence-electron chi connectivity index (χ2n) is 5.09. The highest BCUT2D eigenvalue weighted by Crippen LogP contribution is 2.32. The molecule has 0 saturated heterocycles. The Morgan fingerprint density at radius 3 is 2.84 bits per heavy atom. The molecule has 1 heterocycles. The number of fused-ring (bicyclic) bond motifs is 1. The summed E-state index contributed by atoms with van der Waals surface area (Å²) in [6, 6.07) is 5.19. The van der Waals surface area contributed by atoms with Crippen molar-refractivity contribution in [2.45, 2.75) is 25.3 Å². The first kappa shape index (κ1) is 12.0. The van der Waals surface area contributed by atoms with Crippen LogP contribution in [0.1, 0.15) is 19.3 Å². The van der Waals surface area contributed by atoms with Gasteiger partial charge in [0.15, 0.2) is 0 Å². The number of anilines is 1. The molecular weight excluding hydrogens is 244 g/mol. The number of aromatic nitrogens is 2. The van der Waals surface area contributed by atoms with Gasteiger partial charge < -0.3 is 21.0 Å². The van der Waals surface area contributed by atoms with Crippen LogP contribution >= 0.6 is 0 Å². The predicted octanol–water partition coefficient (Wildman–Crippen LogP) is 0.922. The summed E-state index contributed by atoms with van der Waals surface area (Å²) in [6.07, 6.45) is 2.60. The number of carbonyl (C=O) groups excluding carboxylic acids is 1. The van der Waals surface area contributed by atoms with Crippen molar-refractivity contribution in [1.29, 1.82) is 0 Å². The van der Waals surface area contributed by atoms with Crippen LogP contribution in [-0.2, 0) is 4.79 Å². The van der Waals surface area contributed by atoms with Crippen molar-refractivity contribution >= 4 is 22.6 Å². The number of rotatable bonds is 4. The first-order chi connectivity index (χ1) is 9.11. The van der Waals surface area contributed by atoms with Gasteiger partial charge in [0.25, 0.3) is 0 Å². The molecule has 19 heavy (non-hydrogen) atoms. The van der Waals surface area contributed by atoms with Crippen LogP contribution < -0.4 is 16.7 Å². The summed E-state index contributed by atoms with van der Waals surface area (Å²) in [6.45, 7) is 0. The van der Waals surface area contributed by atoms with Gasteiger partial charge in [-0.2, -0.15) is 0 Å². The SMILES string of the molecule is NC(CC(=O)Nc1ccc2[nH]c(=O)[nH]c2c1)C1CC1. The number of benzene rings is 1. The van der Waals surface area contributed by atoms with Crippen LogP contribution in [0.3, 0.4) is 0 Å². The fraction of sp³-hybridized carbons (Fsp3) is 0.385. The molecule has 1 aromatic carbocycles. The summed E-state index contributed by atoms with van der Waals surface area (Å²) in [5, 5.41) is 2.80. The summed E-state index contributed by atoms with van der Waals surface area (Å²) >= 11 is 0. The summed E-state index contributed by atoms with van der Waals surface area (Å²) < 4.78 is 0. The molecule has 6 nitrogen and oxygen atoms in total.